The molecule has 1 aromatic rings. The van der Waals surface area contributed by atoms with Gasteiger partial charge < -0.3 is 10.6 Å². The SMILES string of the molecule is Cc1cc(N(C)CC2CCC2)nc(N)n1. The van der Waals surface area contributed by atoms with E-state index < -0.39 is 0 Å². The Morgan fingerprint density at radius 1 is 1.47 bits per heavy atom. The standard InChI is InChI=1S/C11H18N4/c1-8-6-10(14-11(12)13-8)15(2)7-9-4-3-5-9/h6,9H,3-5,7H2,1-2H3,(H2,12,13,14). The van der Waals surface area contributed by atoms with E-state index in [1.165, 1.54) is 19.3 Å². The minimum absolute atomic E-state index is 0.366. The number of anilines is 2. The summed E-state index contributed by atoms with van der Waals surface area (Å²) in [6.07, 6.45) is 4.08. The first-order valence-electron chi connectivity index (χ1n) is 5.47. The van der Waals surface area contributed by atoms with Crippen LogP contribution in [0.25, 0.3) is 0 Å². The fraction of sp³-hybridized carbons (Fsp3) is 0.636. The molecule has 0 spiro atoms. The topological polar surface area (TPSA) is 55.0 Å². The Morgan fingerprint density at radius 3 is 2.73 bits per heavy atom. The second kappa shape index (κ2) is 4.04. The Hall–Kier alpha value is -1.32. The molecule has 0 amide bonds. The van der Waals surface area contributed by atoms with Crippen LogP contribution in [0.1, 0.15) is 25.0 Å². The molecule has 2 N–H and O–H groups in total. The van der Waals surface area contributed by atoms with Crippen LogP contribution in [0, 0.1) is 12.8 Å². The van der Waals surface area contributed by atoms with E-state index in [9.17, 15) is 0 Å². The van der Waals surface area contributed by atoms with E-state index >= 15 is 0 Å². The Balaban J connectivity index is 2.06. The second-order valence-corrected chi connectivity index (χ2v) is 4.40. The van der Waals surface area contributed by atoms with Gasteiger partial charge in [-0.1, -0.05) is 6.42 Å². The van der Waals surface area contributed by atoms with Crippen molar-refractivity contribution in [3.63, 3.8) is 0 Å². The first-order chi connectivity index (χ1) is 7.15. The van der Waals surface area contributed by atoms with Crippen molar-refractivity contribution in [2.45, 2.75) is 26.2 Å². The van der Waals surface area contributed by atoms with Gasteiger partial charge in [0.25, 0.3) is 0 Å². The number of nitrogen functional groups attached to an aromatic ring is 1. The van der Waals surface area contributed by atoms with Crippen molar-refractivity contribution in [3.8, 4) is 0 Å². The summed E-state index contributed by atoms with van der Waals surface area (Å²) in [5, 5.41) is 0. The molecular weight excluding hydrogens is 188 g/mol. The van der Waals surface area contributed by atoms with Crippen molar-refractivity contribution in [1.82, 2.24) is 9.97 Å². The number of aromatic nitrogens is 2. The van der Waals surface area contributed by atoms with E-state index in [0.717, 1.165) is 24.0 Å². The number of hydrogen-bond acceptors (Lipinski definition) is 4. The molecule has 0 bridgehead atoms. The quantitative estimate of drug-likeness (QED) is 0.816. The number of aryl methyl sites for hydroxylation is 1. The molecule has 1 saturated carbocycles. The average molecular weight is 206 g/mol. The number of nitrogens with zero attached hydrogens (tertiary/aromatic N) is 3. The van der Waals surface area contributed by atoms with Gasteiger partial charge in [0.05, 0.1) is 0 Å². The molecular formula is C11H18N4. The van der Waals surface area contributed by atoms with Crippen LogP contribution in [0.5, 0.6) is 0 Å². The van der Waals surface area contributed by atoms with E-state index in [-0.39, 0.29) is 0 Å². The third-order valence-corrected chi connectivity index (χ3v) is 3.01. The molecule has 0 unspecified atom stereocenters. The molecule has 0 aliphatic heterocycles. The van der Waals surface area contributed by atoms with Crippen LogP contribution in [0.3, 0.4) is 0 Å². The van der Waals surface area contributed by atoms with E-state index in [4.69, 9.17) is 5.73 Å². The molecule has 1 fully saturated rings. The van der Waals surface area contributed by atoms with E-state index in [1.54, 1.807) is 0 Å². The fourth-order valence-corrected chi connectivity index (χ4v) is 1.93. The fourth-order valence-electron chi connectivity index (χ4n) is 1.93. The average Bonchev–Trinajstić information content (AvgIpc) is 2.09. The maximum atomic E-state index is 5.63. The van der Waals surface area contributed by atoms with Crippen LogP contribution in [-0.2, 0) is 0 Å². The van der Waals surface area contributed by atoms with Crippen molar-refractivity contribution in [1.29, 1.82) is 0 Å². The molecule has 0 atom stereocenters. The van der Waals surface area contributed by atoms with Gasteiger partial charge in [0.2, 0.25) is 5.95 Å². The summed E-state index contributed by atoms with van der Waals surface area (Å²) >= 11 is 0. The molecule has 0 radical (unpaired) electrons. The van der Waals surface area contributed by atoms with Gasteiger partial charge >= 0.3 is 0 Å². The van der Waals surface area contributed by atoms with Crippen molar-refractivity contribution >= 4 is 11.8 Å². The summed E-state index contributed by atoms with van der Waals surface area (Å²) < 4.78 is 0. The van der Waals surface area contributed by atoms with Crippen LogP contribution in [0.15, 0.2) is 6.07 Å². The third-order valence-electron chi connectivity index (χ3n) is 3.01. The Bertz CT molecular complexity index is 326. The Kier molecular flexibility index (Phi) is 2.75. The first-order valence-corrected chi connectivity index (χ1v) is 5.47. The smallest absolute Gasteiger partial charge is 0.222 e. The second-order valence-electron chi connectivity index (χ2n) is 4.40. The van der Waals surface area contributed by atoms with E-state index in [0.29, 0.717) is 5.95 Å². The summed E-state index contributed by atoms with van der Waals surface area (Å²) in [4.78, 5) is 10.5. The molecule has 4 heteroatoms. The molecule has 1 aliphatic rings. The summed E-state index contributed by atoms with van der Waals surface area (Å²) in [6, 6.07) is 1.98. The molecule has 1 heterocycles. The van der Waals surface area contributed by atoms with Gasteiger partial charge in [-0.25, -0.2) is 4.98 Å². The minimum atomic E-state index is 0.366. The van der Waals surface area contributed by atoms with Crippen molar-refractivity contribution in [2.24, 2.45) is 5.92 Å². The van der Waals surface area contributed by atoms with Gasteiger partial charge in [-0.2, -0.15) is 4.98 Å². The lowest BCUT2D eigenvalue weighted by Gasteiger charge is -2.30. The van der Waals surface area contributed by atoms with Crippen molar-refractivity contribution in [3.05, 3.63) is 11.8 Å². The van der Waals surface area contributed by atoms with Crippen LogP contribution in [0.4, 0.5) is 11.8 Å². The first kappa shape index (κ1) is 10.2. The van der Waals surface area contributed by atoms with E-state index in [1.807, 2.05) is 13.0 Å². The van der Waals surface area contributed by atoms with Crippen molar-refractivity contribution in [2.75, 3.05) is 24.2 Å². The highest BCUT2D eigenvalue weighted by Gasteiger charge is 2.19. The third kappa shape index (κ3) is 2.37. The maximum Gasteiger partial charge on any atom is 0.222 e. The lowest BCUT2D eigenvalue weighted by atomic mass is 9.85. The highest BCUT2D eigenvalue weighted by molar-refractivity contribution is 5.42. The van der Waals surface area contributed by atoms with Gasteiger partial charge in [0.15, 0.2) is 0 Å². The normalized spacial score (nSPS) is 16.1. The summed E-state index contributed by atoms with van der Waals surface area (Å²) in [5.74, 6) is 2.14. The monoisotopic (exact) mass is 206 g/mol. The Labute approximate surface area is 90.5 Å². The van der Waals surface area contributed by atoms with Crippen molar-refractivity contribution < 1.29 is 0 Å². The van der Waals surface area contributed by atoms with Crippen LogP contribution >= 0.6 is 0 Å². The number of hydrogen-bond donors (Lipinski definition) is 1. The Morgan fingerprint density at radius 2 is 2.20 bits per heavy atom. The largest absolute Gasteiger partial charge is 0.368 e. The predicted molar refractivity (Wildman–Crippen MR) is 61.8 cm³/mol. The highest BCUT2D eigenvalue weighted by atomic mass is 15.2. The van der Waals surface area contributed by atoms with Gasteiger partial charge in [0.1, 0.15) is 5.82 Å². The lowest BCUT2D eigenvalue weighted by Crippen LogP contribution is -2.30. The molecule has 15 heavy (non-hydrogen) atoms. The molecule has 1 aromatic heterocycles. The van der Waals surface area contributed by atoms with Gasteiger partial charge in [-0.05, 0) is 25.7 Å². The highest BCUT2D eigenvalue weighted by Crippen LogP contribution is 2.28. The van der Waals surface area contributed by atoms with Gasteiger partial charge in [-0.3, -0.25) is 0 Å². The molecule has 2 rings (SSSR count). The summed E-state index contributed by atoms with van der Waals surface area (Å²) in [6.45, 7) is 3.02. The zero-order valence-corrected chi connectivity index (χ0v) is 9.40. The van der Waals surface area contributed by atoms with Crippen LogP contribution < -0.4 is 10.6 Å². The number of nitrogens with two attached hydrogens (primary N) is 1. The van der Waals surface area contributed by atoms with Crippen LogP contribution in [-0.4, -0.2) is 23.6 Å². The lowest BCUT2D eigenvalue weighted by molar-refractivity contribution is 0.321. The summed E-state index contributed by atoms with van der Waals surface area (Å²) in [7, 11) is 2.07. The van der Waals surface area contributed by atoms with Crippen LogP contribution in [0.2, 0.25) is 0 Å². The molecule has 82 valence electrons. The predicted octanol–water partition coefficient (Wildman–Crippen LogP) is 1.60. The molecule has 0 saturated heterocycles. The van der Waals surface area contributed by atoms with Gasteiger partial charge in [0, 0.05) is 25.4 Å². The number of rotatable bonds is 3. The zero-order valence-electron chi connectivity index (χ0n) is 9.40. The minimum Gasteiger partial charge on any atom is -0.368 e. The molecule has 0 aromatic carbocycles. The molecule has 4 nitrogen and oxygen atoms in total. The zero-order chi connectivity index (χ0) is 10.8. The van der Waals surface area contributed by atoms with E-state index in [2.05, 4.69) is 21.9 Å². The maximum absolute atomic E-state index is 5.63. The molecule has 1 aliphatic carbocycles. The summed E-state index contributed by atoms with van der Waals surface area (Å²) in [5.41, 5.74) is 6.55. The van der Waals surface area contributed by atoms with Gasteiger partial charge in [-0.15, -0.1) is 0 Å².